The average Bonchev–Trinajstić information content (AvgIpc) is 2.31. The number of anilines is 1. The highest BCUT2D eigenvalue weighted by Gasteiger charge is 2.12. The van der Waals surface area contributed by atoms with Crippen molar-refractivity contribution in [2.24, 2.45) is 5.73 Å². The highest BCUT2D eigenvalue weighted by atomic mass is 35.5. The molecule has 0 heterocycles. The third-order valence-corrected chi connectivity index (χ3v) is 3.72. The van der Waals surface area contributed by atoms with Crippen molar-refractivity contribution in [1.82, 2.24) is 4.72 Å². The summed E-state index contributed by atoms with van der Waals surface area (Å²) in [5.74, 6) is 0. The fraction of sp³-hybridized carbons (Fsp3) is 0.300. The van der Waals surface area contributed by atoms with Crippen LogP contribution < -0.4 is 15.2 Å². The topological polar surface area (TPSA) is 93.4 Å². The zero-order valence-electron chi connectivity index (χ0n) is 10.1. The number of nitrogens with two attached hydrogens (primary N) is 1. The first-order chi connectivity index (χ1) is 8.85. The Kier molecular flexibility index (Phi) is 5.95. The molecule has 1 aromatic carbocycles. The number of ether oxygens (including phenoxy) is 1. The van der Waals surface area contributed by atoms with Gasteiger partial charge in [-0.15, -0.1) is 0 Å². The Hall–Kier alpha value is -0.930. The maximum absolute atomic E-state index is 11.7. The minimum absolute atomic E-state index is 0.161. The predicted molar refractivity (Wildman–Crippen MR) is 79.8 cm³/mol. The van der Waals surface area contributed by atoms with Gasteiger partial charge < -0.3 is 10.5 Å². The van der Waals surface area contributed by atoms with Crippen LogP contribution in [0, 0.1) is 0 Å². The molecule has 0 aliphatic carbocycles. The number of methoxy groups -OCH3 is 1. The molecule has 6 nitrogen and oxygen atoms in total. The Bertz CT molecular complexity index is 563. The van der Waals surface area contributed by atoms with Gasteiger partial charge in [0.1, 0.15) is 4.99 Å². The average molecular weight is 324 g/mol. The molecule has 0 aliphatic rings. The molecule has 1 rings (SSSR count). The van der Waals surface area contributed by atoms with E-state index in [1.54, 1.807) is 6.07 Å². The first-order valence-electron chi connectivity index (χ1n) is 5.21. The van der Waals surface area contributed by atoms with Crippen molar-refractivity contribution in [2.45, 2.75) is 0 Å². The van der Waals surface area contributed by atoms with Crippen LogP contribution in [-0.2, 0) is 14.9 Å². The van der Waals surface area contributed by atoms with Crippen molar-refractivity contribution < 1.29 is 13.2 Å². The molecular formula is C10H14ClN3O3S2. The summed E-state index contributed by atoms with van der Waals surface area (Å²) in [6, 6.07) is 4.57. The second-order valence-electron chi connectivity index (χ2n) is 3.55. The Morgan fingerprint density at radius 2 is 2.21 bits per heavy atom. The van der Waals surface area contributed by atoms with Gasteiger partial charge in [0, 0.05) is 19.2 Å². The van der Waals surface area contributed by atoms with Crippen LogP contribution in [0.15, 0.2) is 18.2 Å². The van der Waals surface area contributed by atoms with Crippen LogP contribution >= 0.6 is 23.8 Å². The molecule has 1 aromatic rings. The van der Waals surface area contributed by atoms with Crippen molar-refractivity contribution >= 4 is 44.7 Å². The maximum atomic E-state index is 11.7. The van der Waals surface area contributed by atoms with Crippen molar-refractivity contribution in [2.75, 3.05) is 25.0 Å². The highest BCUT2D eigenvalue weighted by molar-refractivity contribution is 7.90. The number of benzene rings is 1. The molecule has 19 heavy (non-hydrogen) atoms. The van der Waals surface area contributed by atoms with E-state index in [0.29, 0.717) is 5.56 Å². The van der Waals surface area contributed by atoms with Gasteiger partial charge in [-0.05, 0) is 18.2 Å². The molecule has 0 saturated carbocycles. The largest absolute Gasteiger partial charge is 0.389 e. The molecule has 0 spiro atoms. The van der Waals surface area contributed by atoms with E-state index in [1.165, 1.54) is 19.2 Å². The Morgan fingerprint density at radius 1 is 1.53 bits per heavy atom. The number of rotatable bonds is 7. The quantitative estimate of drug-likeness (QED) is 0.511. The zero-order chi connectivity index (χ0) is 14.5. The monoisotopic (exact) mass is 323 g/mol. The molecule has 0 aromatic heterocycles. The smallest absolute Gasteiger partial charge is 0.299 e. The number of hydrogen-bond acceptors (Lipinski definition) is 4. The van der Waals surface area contributed by atoms with Crippen LogP contribution in [0.4, 0.5) is 5.69 Å². The number of hydrogen-bond donors (Lipinski definition) is 3. The summed E-state index contributed by atoms with van der Waals surface area (Å²) >= 11 is 10.7. The molecule has 106 valence electrons. The molecule has 4 N–H and O–H groups in total. The van der Waals surface area contributed by atoms with Crippen molar-refractivity contribution in [3.05, 3.63) is 28.8 Å². The van der Waals surface area contributed by atoms with Gasteiger partial charge in [0.25, 0.3) is 10.2 Å². The number of nitrogens with one attached hydrogen (secondary N) is 2. The van der Waals surface area contributed by atoms with E-state index in [0.717, 1.165) is 0 Å². The molecule has 0 unspecified atom stereocenters. The molecule has 0 bridgehead atoms. The second kappa shape index (κ2) is 7.01. The van der Waals surface area contributed by atoms with Crippen LogP contribution in [0.3, 0.4) is 0 Å². The predicted octanol–water partition coefficient (Wildman–Crippen LogP) is 0.867. The normalized spacial score (nSPS) is 11.3. The van der Waals surface area contributed by atoms with Crippen molar-refractivity contribution in [3.63, 3.8) is 0 Å². The molecule has 0 atom stereocenters. The summed E-state index contributed by atoms with van der Waals surface area (Å²) in [6.45, 7) is 0.434. The zero-order valence-corrected chi connectivity index (χ0v) is 12.5. The number of halogens is 1. The minimum Gasteiger partial charge on any atom is -0.389 e. The first kappa shape index (κ1) is 16.1. The van der Waals surface area contributed by atoms with Crippen molar-refractivity contribution in [1.29, 1.82) is 0 Å². The molecule has 0 saturated heterocycles. The second-order valence-corrected chi connectivity index (χ2v) is 5.90. The summed E-state index contributed by atoms with van der Waals surface area (Å²) < 4.78 is 32.7. The molecule has 0 fully saturated rings. The minimum atomic E-state index is -3.69. The van der Waals surface area contributed by atoms with E-state index < -0.39 is 10.2 Å². The Balaban J connectivity index is 2.79. The van der Waals surface area contributed by atoms with E-state index in [1.807, 2.05) is 0 Å². The lowest BCUT2D eigenvalue weighted by Crippen LogP contribution is -2.32. The third-order valence-electron chi connectivity index (χ3n) is 2.10. The van der Waals surface area contributed by atoms with Gasteiger partial charge in [-0.1, -0.05) is 23.8 Å². The van der Waals surface area contributed by atoms with Gasteiger partial charge in [-0.2, -0.15) is 13.1 Å². The molecule has 9 heteroatoms. The lowest BCUT2D eigenvalue weighted by molar-refractivity contribution is 0.204. The van der Waals surface area contributed by atoms with Gasteiger partial charge in [-0.3, -0.25) is 4.72 Å². The summed E-state index contributed by atoms with van der Waals surface area (Å²) in [6.07, 6.45) is 0. The molecule has 0 radical (unpaired) electrons. The van der Waals surface area contributed by atoms with E-state index in [4.69, 9.17) is 34.3 Å². The van der Waals surface area contributed by atoms with Crippen LogP contribution in [0.25, 0.3) is 0 Å². The maximum Gasteiger partial charge on any atom is 0.299 e. The van der Waals surface area contributed by atoms with Gasteiger partial charge in [0.2, 0.25) is 0 Å². The SMILES string of the molecule is COCCNS(=O)(=O)Nc1ccc(C(N)=S)cc1Cl. The van der Waals surface area contributed by atoms with Crippen LogP contribution in [0.5, 0.6) is 0 Å². The molecular weight excluding hydrogens is 310 g/mol. The van der Waals surface area contributed by atoms with Gasteiger partial charge >= 0.3 is 0 Å². The van der Waals surface area contributed by atoms with Crippen molar-refractivity contribution in [3.8, 4) is 0 Å². The van der Waals surface area contributed by atoms with Crippen LogP contribution in [-0.4, -0.2) is 33.7 Å². The summed E-state index contributed by atoms with van der Waals surface area (Å²) in [5.41, 5.74) is 6.26. The standard InChI is InChI=1S/C10H14ClN3O3S2/c1-17-5-4-13-19(15,16)14-9-3-2-7(10(12)18)6-8(9)11/h2-3,6,13-14H,4-5H2,1H3,(H2,12,18). The van der Waals surface area contributed by atoms with E-state index >= 15 is 0 Å². The van der Waals surface area contributed by atoms with Crippen LogP contribution in [0.1, 0.15) is 5.56 Å². The van der Waals surface area contributed by atoms with E-state index in [9.17, 15) is 8.42 Å². The number of thiocarbonyl (C=S) groups is 1. The lowest BCUT2D eigenvalue weighted by Gasteiger charge is -2.11. The molecule has 0 aliphatic heterocycles. The highest BCUT2D eigenvalue weighted by Crippen LogP contribution is 2.23. The summed E-state index contributed by atoms with van der Waals surface area (Å²) in [7, 11) is -2.21. The fourth-order valence-corrected chi connectivity index (χ4v) is 2.51. The Labute approximate surface area is 122 Å². The van der Waals surface area contributed by atoms with E-state index in [-0.39, 0.29) is 28.9 Å². The van der Waals surface area contributed by atoms with Gasteiger partial charge in [0.15, 0.2) is 0 Å². The summed E-state index contributed by atoms with van der Waals surface area (Å²) in [5, 5.41) is 0.211. The van der Waals surface area contributed by atoms with Gasteiger partial charge in [-0.25, -0.2) is 0 Å². The van der Waals surface area contributed by atoms with Gasteiger partial charge in [0.05, 0.1) is 17.3 Å². The third kappa shape index (κ3) is 5.29. The van der Waals surface area contributed by atoms with E-state index in [2.05, 4.69) is 9.44 Å². The lowest BCUT2D eigenvalue weighted by atomic mass is 10.2. The fourth-order valence-electron chi connectivity index (χ4n) is 1.21. The summed E-state index contributed by atoms with van der Waals surface area (Å²) in [4.78, 5) is 0.189. The Morgan fingerprint density at radius 3 is 2.74 bits per heavy atom. The first-order valence-corrected chi connectivity index (χ1v) is 7.48. The molecule has 0 amide bonds. The van der Waals surface area contributed by atoms with Crippen LogP contribution in [0.2, 0.25) is 5.02 Å².